The van der Waals surface area contributed by atoms with Gasteiger partial charge >= 0.3 is 0 Å². The molecule has 0 bridgehead atoms. The molecular weight excluding hydrogens is 274 g/mol. The minimum absolute atomic E-state index is 0.102. The van der Waals surface area contributed by atoms with Crippen molar-refractivity contribution in [3.05, 3.63) is 38.3 Å². The summed E-state index contributed by atoms with van der Waals surface area (Å²) >= 11 is 3.26. The molecule has 0 heterocycles. The van der Waals surface area contributed by atoms with Gasteiger partial charge in [0.15, 0.2) is 0 Å². The van der Waals surface area contributed by atoms with Gasteiger partial charge < -0.3 is 10.6 Å². The van der Waals surface area contributed by atoms with Gasteiger partial charge in [0, 0.05) is 36.2 Å². The molecule has 1 aromatic rings. The molecule has 16 heavy (non-hydrogen) atoms. The van der Waals surface area contributed by atoms with E-state index in [9.17, 15) is 10.1 Å². The highest BCUT2D eigenvalue weighted by molar-refractivity contribution is 9.10. The van der Waals surface area contributed by atoms with Gasteiger partial charge in [0.1, 0.15) is 0 Å². The van der Waals surface area contributed by atoms with Gasteiger partial charge in [0.2, 0.25) is 0 Å². The highest BCUT2D eigenvalue weighted by atomic mass is 79.9. The number of rotatable bonds is 5. The maximum absolute atomic E-state index is 10.7. The topological polar surface area (TPSA) is 72.4 Å². The van der Waals surface area contributed by atoms with E-state index in [1.165, 1.54) is 6.07 Å². The Kier molecular flexibility index (Phi) is 4.85. The molecule has 0 atom stereocenters. The van der Waals surface area contributed by atoms with Crippen LogP contribution >= 0.6 is 15.9 Å². The zero-order valence-electron chi connectivity index (χ0n) is 9.02. The van der Waals surface area contributed by atoms with Crippen molar-refractivity contribution in [1.82, 2.24) is 4.90 Å². The maximum atomic E-state index is 10.7. The summed E-state index contributed by atoms with van der Waals surface area (Å²) in [6.45, 7) is 1.99. The molecule has 0 saturated carbocycles. The van der Waals surface area contributed by atoms with Crippen molar-refractivity contribution in [2.24, 2.45) is 5.73 Å². The molecule has 88 valence electrons. The molecule has 5 nitrogen and oxygen atoms in total. The number of non-ortho nitro benzene ring substituents is 1. The quantitative estimate of drug-likeness (QED) is 0.661. The highest BCUT2D eigenvalue weighted by Crippen LogP contribution is 2.21. The number of halogens is 1. The fraction of sp³-hybridized carbons (Fsp3) is 0.400. The van der Waals surface area contributed by atoms with Gasteiger partial charge in [-0.05, 0) is 18.7 Å². The summed E-state index contributed by atoms with van der Waals surface area (Å²) < 4.78 is 0.720. The molecule has 0 fully saturated rings. The monoisotopic (exact) mass is 287 g/mol. The number of hydrogen-bond acceptors (Lipinski definition) is 4. The Morgan fingerprint density at radius 2 is 2.19 bits per heavy atom. The smallest absolute Gasteiger partial charge is 0.270 e. The molecule has 0 aliphatic heterocycles. The number of nitro groups is 1. The first-order valence-electron chi connectivity index (χ1n) is 4.85. The van der Waals surface area contributed by atoms with Crippen molar-refractivity contribution in [3.8, 4) is 0 Å². The van der Waals surface area contributed by atoms with Crippen LogP contribution in [0.4, 0.5) is 5.69 Å². The first-order valence-corrected chi connectivity index (χ1v) is 5.64. The molecule has 1 aromatic carbocycles. The van der Waals surface area contributed by atoms with E-state index in [0.29, 0.717) is 13.1 Å². The highest BCUT2D eigenvalue weighted by Gasteiger charge is 2.09. The van der Waals surface area contributed by atoms with Crippen LogP contribution < -0.4 is 5.73 Å². The number of nitrogens with two attached hydrogens (primary N) is 1. The number of nitrogens with zero attached hydrogens (tertiary/aromatic N) is 2. The standard InChI is InChI=1S/C10H14BrN3O2/c1-13(3-2-12)7-8-4-9(11)6-10(5-8)14(15)16/h4-6H,2-3,7,12H2,1H3. The Hall–Kier alpha value is -0.980. The second kappa shape index (κ2) is 5.93. The van der Waals surface area contributed by atoms with Crippen molar-refractivity contribution in [1.29, 1.82) is 0 Å². The lowest BCUT2D eigenvalue weighted by molar-refractivity contribution is -0.385. The molecule has 0 aliphatic carbocycles. The third kappa shape index (κ3) is 3.88. The van der Waals surface area contributed by atoms with Crippen LogP contribution in [0.1, 0.15) is 5.56 Å². The average molecular weight is 288 g/mol. The van der Waals surface area contributed by atoms with E-state index in [1.54, 1.807) is 6.07 Å². The van der Waals surface area contributed by atoms with Crippen LogP contribution in [0.15, 0.2) is 22.7 Å². The molecule has 0 amide bonds. The van der Waals surface area contributed by atoms with Crippen molar-refractivity contribution in [2.75, 3.05) is 20.1 Å². The van der Waals surface area contributed by atoms with Crippen LogP contribution in [0.3, 0.4) is 0 Å². The van der Waals surface area contributed by atoms with Gasteiger partial charge in [-0.2, -0.15) is 0 Å². The first kappa shape index (κ1) is 13.1. The molecule has 6 heteroatoms. The average Bonchev–Trinajstić information content (AvgIpc) is 2.16. The summed E-state index contributed by atoms with van der Waals surface area (Å²) in [5, 5.41) is 10.7. The van der Waals surface area contributed by atoms with Crippen molar-refractivity contribution < 1.29 is 4.92 Å². The Bertz CT molecular complexity index is 384. The molecule has 0 saturated heterocycles. The van der Waals surface area contributed by atoms with E-state index in [1.807, 2.05) is 18.0 Å². The molecule has 0 aromatic heterocycles. The number of hydrogen-bond donors (Lipinski definition) is 1. The third-order valence-electron chi connectivity index (χ3n) is 2.12. The van der Waals surface area contributed by atoms with Crippen molar-refractivity contribution in [3.63, 3.8) is 0 Å². The predicted octanol–water partition coefficient (Wildman–Crippen LogP) is 1.75. The van der Waals surface area contributed by atoms with Crippen molar-refractivity contribution >= 4 is 21.6 Å². The van der Waals surface area contributed by atoms with Gasteiger partial charge in [0.25, 0.3) is 5.69 Å². The normalized spacial score (nSPS) is 10.8. The molecule has 1 rings (SSSR count). The van der Waals surface area contributed by atoms with Gasteiger partial charge in [0.05, 0.1) is 4.92 Å². The van der Waals surface area contributed by atoms with E-state index < -0.39 is 4.92 Å². The Labute approximate surface area is 103 Å². The maximum Gasteiger partial charge on any atom is 0.270 e. The molecule has 0 spiro atoms. The minimum Gasteiger partial charge on any atom is -0.329 e. The largest absolute Gasteiger partial charge is 0.329 e. The van der Waals surface area contributed by atoms with Crippen LogP contribution in [0.5, 0.6) is 0 Å². The lowest BCUT2D eigenvalue weighted by atomic mass is 10.2. The van der Waals surface area contributed by atoms with Crippen LogP contribution in [0.2, 0.25) is 0 Å². The zero-order chi connectivity index (χ0) is 12.1. The number of benzene rings is 1. The van der Waals surface area contributed by atoms with Gasteiger partial charge in [-0.1, -0.05) is 15.9 Å². The fourth-order valence-corrected chi connectivity index (χ4v) is 1.97. The third-order valence-corrected chi connectivity index (χ3v) is 2.57. The van der Waals surface area contributed by atoms with Gasteiger partial charge in [-0.25, -0.2) is 0 Å². The lowest BCUT2D eigenvalue weighted by Crippen LogP contribution is -2.24. The Morgan fingerprint density at radius 1 is 1.50 bits per heavy atom. The van der Waals surface area contributed by atoms with E-state index >= 15 is 0 Å². The van der Waals surface area contributed by atoms with E-state index in [4.69, 9.17) is 5.73 Å². The predicted molar refractivity (Wildman–Crippen MR) is 66.2 cm³/mol. The van der Waals surface area contributed by atoms with Crippen LogP contribution in [0, 0.1) is 10.1 Å². The zero-order valence-corrected chi connectivity index (χ0v) is 10.6. The Morgan fingerprint density at radius 3 is 2.75 bits per heavy atom. The number of nitro benzene ring substituents is 1. The molecule has 0 unspecified atom stereocenters. The molecule has 0 aliphatic rings. The summed E-state index contributed by atoms with van der Waals surface area (Å²) in [5.74, 6) is 0. The van der Waals surface area contributed by atoms with E-state index in [-0.39, 0.29) is 5.69 Å². The number of likely N-dealkylation sites (N-methyl/N-ethyl adjacent to an activating group) is 1. The van der Waals surface area contributed by atoms with Gasteiger partial charge in [-0.3, -0.25) is 10.1 Å². The minimum atomic E-state index is -0.392. The Balaban J connectivity index is 2.84. The van der Waals surface area contributed by atoms with Crippen molar-refractivity contribution in [2.45, 2.75) is 6.54 Å². The fourth-order valence-electron chi connectivity index (χ4n) is 1.44. The molecule has 0 radical (unpaired) electrons. The van der Waals surface area contributed by atoms with Crippen LogP contribution in [-0.2, 0) is 6.54 Å². The molecule has 2 N–H and O–H groups in total. The first-order chi connectivity index (χ1) is 7.52. The summed E-state index contributed by atoms with van der Waals surface area (Å²) in [4.78, 5) is 12.3. The summed E-state index contributed by atoms with van der Waals surface area (Å²) in [6, 6.07) is 4.95. The van der Waals surface area contributed by atoms with E-state index in [2.05, 4.69) is 15.9 Å². The second-order valence-corrected chi connectivity index (χ2v) is 4.52. The SMILES string of the molecule is CN(CCN)Cc1cc(Br)cc([N+](=O)[O-])c1. The lowest BCUT2D eigenvalue weighted by Gasteiger charge is -2.15. The summed E-state index contributed by atoms with van der Waals surface area (Å²) in [7, 11) is 1.93. The van der Waals surface area contributed by atoms with Gasteiger partial charge in [-0.15, -0.1) is 0 Å². The van der Waals surface area contributed by atoms with E-state index in [0.717, 1.165) is 16.6 Å². The van der Waals surface area contributed by atoms with Crippen LogP contribution in [0.25, 0.3) is 0 Å². The molecular formula is C10H14BrN3O2. The summed E-state index contributed by atoms with van der Waals surface area (Å²) in [6.07, 6.45) is 0. The summed E-state index contributed by atoms with van der Waals surface area (Å²) in [5.41, 5.74) is 6.43. The second-order valence-electron chi connectivity index (χ2n) is 3.60. The van der Waals surface area contributed by atoms with Crippen LogP contribution in [-0.4, -0.2) is 30.0 Å².